The van der Waals surface area contributed by atoms with Crippen LogP contribution in [0.25, 0.3) is 0 Å². The molecule has 0 spiro atoms. The minimum atomic E-state index is 0.251. The highest BCUT2D eigenvalue weighted by Gasteiger charge is 2.43. The summed E-state index contributed by atoms with van der Waals surface area (Å²) in [5.41, 5.74) is 8.50. The third-order valence-electron chi connectivity index (χ3n) is 5.16. The maximum atomic E-state index is 6.25. The molecule has 1 aromatic rings. The molecule has 0 amide bonds. The SMILES string of the molecule is CC1(C)CCCC(CN)(N2CCc3sccc3C2)C1. The lowest BCUT2D eigenvalue weighted by Gasteiger charge is -2.52. The fourth-order valence-electron chi connectivity index (χ4n) is 4.19. The van der Waals surface area contributed by atoms with Crippen molar-refractivity contribution in [2.45, 2.75) is 58.0 Å². The van der Waals surface area contributed by atoms with E-state index in [9.17, 15) is 0 Å². The summed E-state index contributed by atoms with van der Waals surface area (Å²) in [6.45, 7) is 7.95. The molecule has 2 N–H and O–H groups in total. The van der Waals surface area contributed by atoms with Crippen LogP contribution in [-0.2, 0) is 13.0 Å². The van der Waals surface area contributed by atoms with Crippen LogP contribution < -0.4 is 5.73 Å². The molecule has 1 saturated carbocycles. The summed E-state index contributed by atoms with van der Waals surface area (Å²) in [6, 6.07) is 2.31. The van der Waals surface area contributed by atoms with E-state index in [0.717, 1.165) is 13.1 Å². The molecule has 1 aliphatic carbocycles. The van der Waals surface area contributed by atoms with E-state index < -0.39 is 0 Å². The molecule has 2 heterocycles. The average Bonchev–Trinajstić information content (AvgIpc) is 2.84. The second kappa shape index (κ2) is 4.87. The molecule has 1 aromatic heterocycles. The molecule has 0 bridgehead atoms. The molecule has 1 atom stereocenters. The number of rotatable bonds is 2. The number of hydrogen-bond donors (Lipinski definition) is 1. The van der Waals surface area contributed by atoms with Crippen LogP contribution in [0, 0.1) is 5.41 Å². The van der Waals surface area contributed by atoms with Gasteiger partial charge in [-0.1, -0.05) is 20.3 Å². The highest BCUT2D eigenvalue weighted by atomic mass is 32.1. The zero-order valence-corrected chi connectivity index (χ0v) is 13.1. The minimum Gasteiger partial charge on any atom is -0.329 e. The predicted molar refractivity (Wildman–Crippen MR) is 82.5 cm³/mol. The van der Waals surface area contributed by atoms with E-state index in [4.69, 9.17) is 5.73 Å². The van der Waals surface area contributed by atoms with Gasteiger partial charge in [0.15, 0.2) is 0 Å². The van der Waals surface area contributed by atoms with Crippen molar-refractivity contribution in [1.29, 1.82) is 0 Å². The first-order valence-corrected chi connectivity index (χ1v) is 8.43. The monoisotopic (exact) mass is 278 g/mol. The van der Waals surface area contributed by atoms with Crippen LogP contribution in [0.5, 0.6) is 0 Å². The van der Waals surface area contributed by atoms with Gasteiger partial charge in [0.2, 0.25) is 0 Å². The first kappa shape index (κ1) is 13.6. The lowest BCUT2D eigenvalue weighted by Crippen LogP contribution is -2.58. The Kier molecular flexibility index (Phi) is 3.48. The Hall–Kier alpha value is -0.380. The van der Waals surface area contributed by atoms with Crippen molar-refractivity contribution in [2.24, 2.45) is 11.1 Å². The number of thiophene rings is 1. The Labute approximate surface area is 121 Å². The van der Waals surface area contributed by atoms with Gasteiger partial charge in [0, 0.05) is 30.1 Å². The molecule has 3 heteroatoms. The van der Waals surface area contributed by atoms with E-state index in [1.165, 1.54) is 38.6 Å². The Morgan fingerprint density at radius 3 is 2.95 bits per heavy atom. The minimum absolute atomic E-state index is 0.251. The molecule has 0 saturated heterocycles. The van der Waals surface area contributed by atoms with Crippen LogP contribution in [0.15, 0.2) is 11.4 Å². The fraction of sp³-hybridized carbons (Fsp3) is 0.750. The standard InChI is InChI=1S/C16H26N2S/c1-15(2)6-3-7-16(11-15,12-17)18-8-4-14-13(10-18)5-9-19-14/h5,9H,3-4,6-8,10-12,17H2,1-2H3. The Morgan fingerprint density at radius 2 is 2.21 bits per heavy atom. The fourth-order valence-corrected chi connectivity index (χ4v) is 5.08. The van der Waals surface area contributed by atoms with Crippen LogP contribution in [0.2, 0.25) is 0 Å². The first-order valence-electron chi connectivity index (χ1n) is 7.55. The van der Waals surface area contributed by atoms with Gasteiger partial charge in [0.05, 0.1) is 0 Å². The van der Waals surface area contributed by atoms with Gasteiger partial charge in [-0.15, -0.1) is 11.3 Å². The van der Waals surface area contributed by atoms with Gasteiger partial charge in [-0.3, -0.25) is 4.90 Å². The third kappa shape index (κ3) is 2.48. The second-order valence-electron chi connectivity index (χ2n) is 7.16. The van der Waals surface area contributed by atoms with Gasteiger partial charge in [-0.05, 0) is 48.1 Å². The molecule has 0 aromatic carbocycles. The largest absolute Gasteiger partial charge is 0.329 e. The van der Waals surface area contributed by atoms with E-state index in [1.807, 2.05) is 11.3 Å². The summed E-state index contributed by atoms with van der Waals surface area (Å²) < 4.78 is 0. The lowest BCUT2D eigenvalue weighted by atomic mass is 9.67. The van der Waals surface area contributed by atoms with Crippen LogP contribution in [-0.4, -0.2) is 23.5 Å². The van der Waals surface area contributed by atoms with Crippen molar-refractivity contribution in [3.8, 4) is 0 Å². The van der Waals surface area contributed by atoms with Crippen LogP contribution in [0.1, 0.15) is 50.0 Å². The van der Waals surface area contributed by atoms with Crippen LogP contribution in [0.3, 0.4) is 0 Å². The smallest absolute Gasteiger partial charge is 0.0340 e. The topological polar surface area (TPSA) is 29.3 Å². The molecule has 19 heavy (non-hydrogen) atoms. The molecule has 106 valence electrons. The van der Waals surface area contributed by atoms with E-state index in [-0.39, 0.29) is 5.54 Å². The Balaban J connectivity index is 1.83. The van der Waals surface area contributed by atoms with Crippen molar-refractivity contribution in [1.82, 2.24) is 4.90 Å². The summed E-state index contributed by atoms with van der Waals surface area (Å²) in [7, 11) is 0. The Bertz CT molecular complexity index is 451. The maximum absolute atomic E-state index is 6.25. The van der Waals surface area contributed by atoms with Crippen LogP contribution >= 0.6 is 11.3 Å². The first-order chi connectivity index (χ1) is 9.05. The summed E-state index contributed by atoms with van der Waals surface area (Å²) in [6.07, 6.45) is 6.45. The zero-order valence-electron chi connectivity index (χ0n) is 12.2. The van der Waals surface area contributed by atoms with E-state index in [2.05, 4.69) is 30.2 Å². The summed E-state index contributed by atoms with van der Waals surface area (Å²) in [5, 5.41) is 2.24. The molecule has 0 radical (unpaired) electrons. The van der Waals surface area contributed by atoms with Gasteiger partial charge in [0.25, 0.3) is 0 Å². The number of hydrogen-bond acceptors (Lipinski definition) is 3. The molecule has 2 aliphatic rings. The van der Waals surface area contributed by atoms with Gasteiger partial charge in [-0.25, -0.2) is 0 Å². The van der Waals surface area contributed by atoms with E-state index >= 15 is 0 Å². The van der Waals surface area contributed by atoms with Crippen molar-refractivity contribution in [3.63, 3.8) is 0 Å². The molecule has 1 unspecified atom stereocenters. The Morgan fingerprint density at radius 1 is 1.37 bits per heavy atom. The van der Waals surface area contributed by atoms with Crippen molar-refractivity contribution in [3.05, 3.63) is 21.9 Å². The number of nitrogens with zero attached hydrogens (tertiary/aromatic N) is 1. The molecular formula is C16H26N2S. The second-order valence-corrected chi connectivity index (χ2v) is 8.16. The third-order valence-corrected chi connectivity index (χ3v) is 6.18. The van der Waals surface area contributed by atoms with Gasteiger partial charge in [-0.2, -0.15) is 0 Å². The number of nitrogens with two attached hydrogens (primary N) is 1. The van der Waals surface area contributed by atoms with Crippen molar-refractivity contribution >= 4 is 11.3 Å². The average molecular weight is 278 g/mol. The summed E-state index contributed by atoms with van der Waals surface area (Å²) >= 11 is 1.92. The van der Waals surface area contributed by atoms with Gasteiger partial charge in [0.1, 0.15) is 0 Å². The summed E-state index contributed by atoms with van der Waals surface area (Å²) in [4.78, 5) is 4.29. The maximum Gasteiger partial charge on any atom is 0.0340 e. The molecular weight excluding hydrogens is 252 g/mol. The van der Waals surface area contributed by atoms with E-state index in [1.54, 1.807) is 10.4 Å². The highest BCUT2D eigenvalue weighted by molar-refractivity contribution is 7.10. The highest BCUT2D eigenvalue weighted by Crippen LogP contribution is 2.45. The lowest BCUT2D eigenvalue weighted by molar-refractivity contribution is 0.00106. The quantitative estimate of drug-likeness (QED) is 0.898. The van der Waals surface area contributed by atoms with Crippen LogP contribution in [0.4, 0.5) is 0 Å². The molecule has 2 nitrogen and oxygen atoms in total. The molecule has 1 aliphatic heterocycles. The van der Waals surface area contributed by atoms with Gasteiger partial charge < -0.3 is 5.73 Å². The van der Waals surface area contributed by atoms with Crippen molar-refractivity contribution < 1.29 is 0 Å². The molecule has 1 fully saturated rings. The summed E-state index contributed by atoms with van der Waals surface area (Å²) in [5.74, 6) is 0. The van der Waals surface area contributed by atoms with E-state index in [0.29, 0.717) is 5.41 Å². The number of fused-ring (bicyclic) bond motifs is 1. The predicted octanol–water partition coefficient (Wildman–Crippen LogP) is 3.40. The normalized spacial score (nSPS) is 31.1. The zero-order chi connectivity index (χ0) is 13.5. The van der Waals surface area contributed by atoms with Crippen molar-refractivity contribution in [2.75, 3.05) is 13.1 Å². The molecule has 3 rings (SSSR count). The van der Waals surface area contributed by atoms with Gasteiger partial charge >= 0.3 is 0 Å².